The first-order valence-corrected chi connectivity index (χ1v) is 12.3. The molecular formula is C30H25F4N3O3. The summed E-state index contributed by atoms with van der Waals surface area (Å²) in [7, 11) is 0. The topological polar surface area (TPSA) is 73.8 Å². The number of amides is 2. The molecule has 206 valence electrons. The van der Waals surface area contributed by atoms with E-state index in [0.717, 1.165) is 23.3 Å². The predicted molar refractivity (Wildman–Crippen MR) is 146 cm³/mol. The molecule has 5 rings (SSSR count). The molecule has 3 N–H and O–H groups in total. The molecule has 0 saturated carbocycles. The Morgan fingerprint density at radius 1 is 0.950 bits per heavy atom. The van der Waals surface area contributed by atoms with Gasteiger partial charge in [-0.25, -0.2) is 9.18 Å². The van der Waals surface area contributed by atoms with Crippen LogP contribution < -0.4 is 20.3 Å². The van der Waals surface area contributed by atoms with Gasteiger partial charge in [0.2, 0.25) is 0 Å². The smallest absolute Gasteiger partial charge is 0.503 e. The van der Waals surface area contributed by atoms with Crippen LogP contribution in [0.25, 0.3) is 11.1 Å². The first-order valence-electron chi connectivity index (χ1n) is 12.3. The summed E-state index contributed by atoms with van der Waals surface area (Å²) >= 11 is 0. The minimum Gasteiger partial charge on any atom is -0.503 e. The molecule has 6 nitrogen and oxygen atoms in total. The summed E-state index contributed by atoms with van der Waals surface area (Å²) in [5.74, 6) is -1.66. The molecule has 4 aromatic carbocycles. The number of para-hydroxylation sites is 2. The zero-order valence-electron chi connectivity index (χ0n) is 21.5. The molecule has 1 aliphatic heterocycles. The lowest BCUT2D eigenvalue weighted by atomic mass is 9.81. The number of anilines is 4. The lowest BCUT2D eigenvalue weighted by molar-refractivity contribution is -0.274. The second-order valence-corrected chi connectivity index (χ2v) is 9.98. The van der Waals surface area contributed by atoms with Crippen molar-refractivity contribution in [3.63, 3.8) is 0 Å². The molecule has 40 heavy (non-hydrogen) atoms. The maximum absolute atomic E-state index is 15.1. The van der Waals surface area contributed by atoms with Gasteiger partial charge in [0.1, 0.15) is 5.75 Å². The van der Waals surface area contributed by atoms with E-state index in [1.807, 2.05) is 44.2 Å². The molecule has 0 atom stereocenters. The summed E-state index contributed by atoms with van der Waals surface area (Å²) in [4.78, 5) is 14.6. The monoisotopic (exact) mass is 551 g/mol. The summed E-state index contributed by atoms with van der Waals surface area (Å²) in [5.41, 5.74) is 3.22. The fraction of sp³-hybridized carbons (Fsp3) is 0.167. The standard InChI is InChI=1S/C30H25F4N3O3/c1-29(2)17-37(26-25(29)21(16-22(31)27(26)38)18-8-4-3-5-9-18)24-11-7-6-10-23(24)36-28(39)35-19-12-14-20(15-13-19)40-30(32,33)34/h3-16,38H,17H2,1-2H3,(H2,35,36,39). The quantitative estimate of drug-likeness (QED) is 0.219. The Hall–Kier alpha value is -4.73. The van der Waals surface area contributed by atoms with Crippen LogP contribution in [0.2, 0.25) is 0 Å². The molecule has 10 heteroatoms. The SMILES string of the molecule is CC1(C)CN(c2ccccc2NC(=O)Nc2ccc(OC(F)(F)F)cc2)c2c(O)c(F)cc(-c3ccccc3)c21. The maximum Gasteiger partial charge on any atom is 0.573 e. The molecular weight excluding hydrogens is 526 g/mol. The number of alkyl halides is 3. The molecule has 1 heterocycles. The Bertz CT molecular complexity index is 1560. The molecule has 0 bridgehead atoms. The van der Waals surface area contributed by atoms with Crippen LogP contribution in [0.3, 0.4) is 0 Å². The largest absolute Gasteiger partial charge is 0.573 e. The Balaban J connectivity index is 1.46. The number of carbonyl (C=O) groups is 1. The van der Waals surface area contributed by atoms with Gasteiger partial charge >= 0.3 is 12.4 Å². The Morgan fingerprint density at radius 2 is 1.60 bits per heavy atom. The van der Waals surface area contributed by atoms with Gasteiger partial charge in [-0.2, -0.15) is 0 Å². The fourth-order valence-electron chi connectivity index (χ4n) is 5.02. The van der Waals surface area contributed by atoms with Gasteiger partial charge in [-0.05, 0) is 59.2 Å². The Kier molecular flexibility index (Phi) is 6.79. The molecule has 0 unspecified atom stereocenters. The highest BCUT2D eigenvalue weighted by molar-refractivity contribution is 6.03. The molecule has 1 aliphatic rings. The average molecular weight is 552 g/mol. The lowest BCUT2D eigenvalue weighted by Crippen LogP contribution is -2.27. The van der Waals surface area contributed by atoms with Crippen LogP contribution in [0.4, 0.5) is 45.1 Å². The summed E-state index contributed by atoms with van der Waals surface area (Å²) in [6.07, 6.45) is -4.82. The summed E-state index contributed by atoms with van der Waals surface area (Å²) < 4.78 is 56.2. The first-order chi connectivity index (χ1) is 18.9. The van der Waals surface area contributed by atoms with Crippen LogP contribution in [0.1, 0.15) is 19.4 Å². The van der Waals surface area contributed by atoms with E-state index in [9.17, 15) is 23.1 Å². The Morgan fingerprint density at radius 3 is 2.27 bits per heavy atom. The van der Waals surface area contributed by atoms with Gasteiger partial charge in [-0.1, -0.05) is 56.3 Å². The number of fused-ring (bicyclic) bond motifs is 1. The normalized spacial score (nSPS) is 14.0. The number of aromatic hydroxyl groups is 1. The van der Waals surface area contributed by atoms with E-state index in [4.69, 9.17) is 0 Å². The van der Waals surface area contributed by atoms with Crippen molar-refractivity contribution in [1.82, 2.24) is 0 Å². The van der Waals surface area contributed by atoms with Gasteiger partial charge in [-0.15, -0.1) is 13.2 Å². The minimum absolute atomic E-state index is 0.240. The van der Waals surface area contributed by atoms with Crippen LogP contribution in [-0.2, 0) is 5.41 Å². The van der Waals surface area contributed by atoms with Gasteiger partial charge in [0.05, 0.1) is 17.1 Å². The predicted octanol–water partition coefficient (Wildman–Crippen LogP) is 8.17. The molecule has 0 spiro atoms. The summed E-state index contributed by atoms with van der Waals surface area (Å²) in [6.45, 7) is 4.40. The van der Waals surface area contributed by atoms with Crippen LogP contribution in [-0.4, -0.2) is 24.0 Å². The van der Waals surface area contributed by atoms with Crippen LogP contribution >= 0.6 is 0 Å². The van der Waals surface area contributed by atoms with E-state index in [0.29, 0.717) is 29.2 Å². The number of hydrogen-bond donors (Lipinski definition) is 3. The second-order valence-electron chi connectivity index (χ2n) is 9.98. The van der Waals surface area contributed by atoms with Crippen LogP contribution in [0.15, 0.2) is 84.9 Å². The van der Waals surface area contributed by atoms with E-state index < -0.39 is 35.1 Å². The van der Waals surface area contributed by atoms with E-state index in [1.54, 1.807) is 29.2 Å². The van der Waals surface area contributed by atoms with Crippen molar-refractivity contribution < 1.29 is 32.2 Å². The third-order valence-electron chi connectivity index (χ3n) is 6.60. The van der Waals surface area contributed by atoms with E-state index in [1.165, 1.54) is 18.2 Å². The zero-order valence-corrected chi connectivity index (χ0v) is 21.5. The highest BCUT2D eigenvalue weighted by Gasteiger charge is 2.42. The van der Waals surface area contributed by atoms with Gasteiger partial charge in [-0.3, -0.25) is 0 Å². The zero-order chi connectivity index (χ0) is 28.7. The third kappa shape index (κ3) is 5.38. The van der Waals surface area contributed by atoms with Gasteiger partial charge in [0, 0.05) is 17.6 Å². The molecule has 2 amide bonds. The number of nitrogens with one attached hydrogen (secondary N) is 2. The maximum atomic E-state index is 15.1. The number of hydrogen-bond acceptors (Lipinski definition) is 4. The van der Waals surface area contributed by atoms with Crippen molar-refractivity contribution in [2.45, 2.75) is 25.6 Å². The third-order valence-corrected chi connectivity index (χ3v) is 6.60. The number of nitrogens with zero attached hydrogens (tertiary/aromatic N) is 1. The summed E-state index contributed by atoms with van der Waals surface area (Å²) in [6, 6.07) is 21.7. The fourth-order valence-corrected chi connectivity index (χ4v) is 5.02. The number of benzene rings is 4. The van der Waals surface area contributed by atoms with Gasteiger partial charge in [0.15, 0.2) is 11.6 Å². The molecule has 0 aliphatic carbocycles. The molecule has 0 saturated heterocycles. The highest BCUT2D eigenvalue weighted by atomic mass is 19.4. The van der Waals surface area contributed by atoms with Gasteiger partial charge < -0.3 is 25.4 Å². The molecule has 0 aromatic heterocycles. The lowest BCUT2D eigenvalue weighted by Gasteiger charge is -2.25. The molecule has 4 aromatic rings. The number of urea groups is 1. The van der Waals surface area contributed by atoms with Crippen molar-refractivity contribution in [3.05, 3.63) is 96.3 Å². The average Bonchev–Trinajstić information content (AvgIpc) is 3.18. The van der Waals surface area contributed by atoms with E-state index >= 15 is 4.39 Å². The minimum atomic E-state index is -4.82. The number of halogens is 4. The number of carbonyl (C=O) groups excluding carboxylic acids is 1. The van der Waals surface area contributed by atoms with Crippen LogP contribution in [0.5, 0.6) is 11.5 Å². The molecule has 0 fully saturated rings. The number of phenols is 1. The first kappa shape index (κ1) is 26.9. The van der Waals surface area contributed by atoms with Crippen molar-refractivity contribution in [2.24, 2.45) is 0 Å². The van der Waals surface area contributed by atoms with Crippen molar-refractivity contribution in [1.29, 1.82) is 0 Å². The number of ether oxygens (including phenoxy) is 1. The van der Waals surface area contributed by atoms with Crippen molar-refractivity contribution >= 4 is 28.8 Å². The summed E-state index contributed by atoms with van der Waals surface area (Å²) in [5, 5.41) is 16.2. The van der Waals surface area contributed by atoms with Crippen LogP contribution in [0, 0.1) is 5.82 Å². The van der Waals surface area contributed by atoms with E-state index in [2.05, 4.69) is 15.4 Å². The number of phenolic OH excluding ortho intramolecular Hbond substituents is 1. The second kappa shape index (κ2) is 10.1. The van der Waals surface area contributed by atoms with Gasteiger partial charge in [0.25, 0.3) is 0 Å². The van der Waals surface area contributed by atoms with Crippen molar-refractivity contribution in [2.75, 3.05) is 22.1 Å². The highest BCUT2D eigenvalue weighted by Crippen LogP contribution is 2.54. The Labute approximate surface area is 227 Å². The number of rotatable bonds is 5. The van der Waals surface area contributed by atoms with E-state index in [-0.39, 0.29) is 5.69 Å². The molecule has 0 radical (unpaired) electrons. The van der Waals surface area contributed by atoms with Crippen molar-refractivity contribution in [3.8, 4) is 22.6 Å².